The summed E-state index contributed by atoms with van der Waals surface area (Å²) in [5.41, 5.74) is 0.937. The molecule has 3 rings (SSSR count). The van der Waals surface area contributed by atoms with Gasteiger partial charge in [-0.15, -0.1) is 0 Å². The summed E-state index contributed by atoms with van der Waals surface area (Å²) in [6.07, 6.45) is 0.680. The predicted octanol–water partition coefficient (Wildman–Crippen LogP) is 3.74. The lowest BCUT2D eigenvalue weighted by Gasteiger charge is -2.21. The van der Waals surface area contributed by atoms with Crippen LogP contribution in [0, 0.1) is 0 Å². The quantitative estimate of drug-likeness (QED) is 0.595. The first kappa shape index (κ1) is 21.8. The molecule has 0 saturated carbocycles. The molecule has 7 heteroatoms. The van der Waals surface area contributed by atoms with E-state index in [-0.39, 0.29) is 23.4 Å². The van der Waals surface area contributed by atoms with E-state index in [2.05, 4.69) is 5.32 Å². The largest absolute Gasteiger partial charge is 0.497 e. The number of hydrogen-bond acceptors (Lipinski definition) is 4. The molecule has 3 aromatic rings. The van der Waals surface area contributed by atoms with Crippen LogP contribution in [-0.2, 0) is 14.8 Å². The molecule has 6 nitrogen and oxygen atoms in total. The number of ether oxygens (including phenoxy) is 1. The van der Waals surface area contributed by atoms with Crippen LogP contribution >= 0.6 is 0 Å². The fourth-order valence-corrected chi connectivity index (χ4v) is 4.46. The van der Waals surface area contributed by atoms with Crippen LogP contribution in [0.1, 0.15) is 24.9 Å². The summed E-state index contributed by atoms with van der Waals surface area (Å²) in [5.74, 6) is 0.380. The highest BCUT2D eigenvalue weighted by molar-refractivity contribution is 7.89. The highest BCUT2D eigenvalue weighted by Crippen LogP contribution is 2.22. The van der Waals surface area contributed by atoms with Gasteiger partial charge in [-0.3, -0.25) is 4.79 Å². The van der Waals surface area contributed by atoms with Gasteiger partial charge in [-0.1, -0.05) is 49.4 Å². The van der Waals surface area contributed by atoms with Crippen molar-refractivity contribution in [3.05, 3.63) is 72.3 Å². The number of nitrogens with zero attached hydrogens (tertiary/aromatic N) is 1. The van der Waals surface area contributed by atoms with Gasteiger partial charge in [0, 0.05) is 7.05 Å². The van der Waals surface area contributed by atoms with Crippen molar-refractivity contribution in [2.45, 2.75) is 24.3 Å². The van der Waals surface area contributed by atoms with Crippen molar-refractivity contribution in [2.75, 3.05) is 20.7 Å². The van der Waals surface area contributed by atoms with Gasteiger partial charge in [0.15, 0.2) is 0 Å². The smallest absolute Gasteiger partial charge is 0.243 e. The van der Waals surface area contributed by atoms with Gasteiger partial charge in [-0.05, 0) is 47.0 Å². The van der Waals surface area contributed by atoms with Gasteiger partial charge in [-0.25, -0.2) is 8.42 Å². The summed E-state index contributed by atoms with van der Waals surface area (Å²) < 4.78 is 32.1. The van der Waals surface area contributed by atoms with Gasteiger partial charge >= 0.3 is 0 Å². The third-order valence-electron chi connectivity index (χ3n) is 5.06. The van der Waals surface area contributed by atoms with E-state index >= 15 is 0 Å². The Morgan fingerprint density at radius 3 is 2.33 bits per heavy atom. The molecule has 0 fully saturated rings. The molecule has 0 heterocycles. The molecular formula is C23H26N2O4S. The normalized spacial score (nSPS) is 12.7. The fourth-order valence-electron chi connectivity index (χ4n) is 3.29. The average molecular weight is 427 g/mol. The van der Waals surface area contributed by atoms with Gasteiger partial charge in [0.25, 0.3) is 0 Å². The average Bonchev–Trinajstić information content (AvgIpc) is 2.77. The van der Waals surface area contributed by atoms with E-state index in [1.165, 1.54) is 7.05 Å². The van der Waals surface area contributed by atoms with Crippen LogP contribution in [0.15, 0.2) is 71.6 Å². The number of likely N-dealkylation sites (N-methyl/N-ethyl adjacent to an activating group) is 1. The lowest BCUT2D eigenvalue weighted by molar-refractivity contribution is -0.121. The Labute approximate surface area is 177 Å². The first-order chi connectivity index (χ1) is 14.3. The highest BCUT2D eigenvalue weighted by Gasteiger charge is 2.24. The van der Waals surface area contributed by atoms with Crippen molar-refractivity contribution < 1.29 is 17.9 Å². The van der Waals surface area contributed by atoms with Gasteiger partial charge in [0.2, 0.25) is 15.9 Å². The molecule has 0 aromatic heterocycles. The maximum absolute atomic E-state index is 12.9. The molecule has 1 N–H and O–H groups in total. The zero-order chi connectivity index (χ0) is 21.7. The molecule has 0 saturated heterocycles. The number of benzene rings is 3. The maximum Gasteiger partial charge on any atom is 0.243 e. The zero-order valence-electron chi connectivity index (χ0n) is 17.3. The third kappa shape index (κ3) is 4.80. The van der Waals surface area contributed by atoms with Crippen LogP contribution in [0.25, 0.3) is 10.8 Å². The Hall–Kier alpha value is -2.90. The molecule has 0 spiro atoms. The number of nitrogens with one attached hydrogen (secondary N) is 1. The number of methoxy groups -OCH3 is 1. The van der Waals surface area contributed by atoms with Crippen molar-refractivity contribution in [1.29, 1.82) is 0 Å². The summed E-state index contributed by atoms with van der Waals surface area (Å²) in [6, 6.07) is 19.8. The molecule has 0 aliphatic heterocycles. The van der Waals surface area contributed by atoms with Crippen LogP contribution < -0.4 is 10.1 Å². The zero-order valence-corrected chi connectivity index (χ0v) is 18.1. The van der Waals surface area contributed by atoms with Crippen LogP contribution in [0.4, 0.5) is 0 Å². The second-order valence-corrected chi connectivity index (χ2v) is 9.12. The van der Waals surface area contributed by atoms with Crippen molar-refractivity contribution in [3.63, 3.8) is 0 Å². The topological polar surface area (TPSA) is 75.7 Å². The van der Waals surface area contributed by atoms with Gasteiger partial charge in [0.1, 0.15) is 5.75 Å². The van der Waals surface area contributed by atoms with Crippen LogP contribution in [0.5, 0.6) is 5.75 Å². The Morgan fingerprint density at radius 2 is 1.70 bits per heavy atom. The van der Waals surface area contributed by atoms with Crippen LogP contribution in [-0.4, -0.2) is 39.3 Å². The Morgan fingerprint density at radius 1 is 1.03 bits per heavy atom. The number of fused-ring (bicyclic) bond motifs is 1. The molecule has 158 valence electrons. The summed E-state index contributed by atoms with van der Waals surface area (Å²) in [4.78, 5) is 12.7. The van der Waals surface area contributed by atoms with Gasteiger partial charge in [-0.2, -0.15) is 4.31 Å². The molecule has 3 aromatic carbocycles. The fraction of sp³-hybridized carbons (Fsp3) is 0.261. The minimum Gasteiger partial charge on any atom is -0.497 e. The van der Waals surface area contributed by atoms with E-state index < -0.39 is 10.0 Å². The van der Waals surface area contributed by atoms with Crippen molar-refractivity contribution in [2.24, 2.45) is 0 Å². The van der Waals surface area contributed by atoms with Crippen molar-refractivity contribution >= 4 is 26.7 Å². The standard InChI is InChI=1S/C23H26N2O4S/c1-4-22(18-9-12-20(29-3)13-10-18)24-23(26)16-25(2)30(27,28)21-14-11-17-7-5-6-8-19(17)15-21/h5-15,22H,4,16H2,1-3H3,(H,24,26)/t22-/m1/s1. The number of amides is 1. The summed E-state index contributed by atoms with van der Waals surface area (Å²) in [6.45, 7) is 1.70. The van der Waals surface area contributed by atoms with Crippen LogP contribution in [0.3, 0.4) is 0 Å². The minimum absolute atomic E-state index is 0.165. The van der Waals surface area contributed by atoms with E-state index in [1.54, 1.807) is 25.3 Å². The third-order valence-corrected chi connectivity index (χ3v) is 6.86. The molecule has 0 aliphatic carbocycles. The lowest BCUT2D eigenvalue weighted by Crippen LogP contribution is -2.39. The highest BCUT2D eigenvalue weighted by atomic mass is 32.2. The molecule has 1 atom stereocenters. The molecule has 0 aliphatic rings. The van der Waals surface area contributed by atoms with E-state index in [9.17, 15) is 13.2 Å². The number of hydrogen-bond donors (Lipinski definition) is 1. The van der Waals surface area contributed by atoms with E-state index in [1.807, 2.05) is 55.5 Å². The number of carbonyl (C=O) groups excluding carboxylic acids is 1. The molecule has 0 radical (unpaired) electrons. The maximum atomic E-state index is 12.9. The first-order valence-electron chi connectivity index (χ1n) is 9.73. The summed E-state index contributed by atoms with van der Waals surface area (Å²) in [7, 11) is -0.773. The Kier molecular flexibility index (Phi) is 6.74. The number of rotatable bonds is 8. The number of sulfonamides is 1. The molecular weight excluding hydrogens is 400 g/mol. The van der Waals surface area contributed by atoms with Crippen molar-refractivity contribution in [1.82, 2.24) is 9.62 Å². The molecule has 1 amide bonds. The second kappa shape index (κ2) is 9.28. The lowest BCUT2D eigenvalue weighted by atomic mass is 10.0. The van der Waals surface area contributed by atoms with Gasteiger partial charge < -0.3 is 10.1 Å². The first-order valence-corrected chi connectivity index (χ1v) is 11.2. The Balaban J connectivity index is 1.70. The summed E-state index contributed by atoms with van der Waals surface area (Å²) >= 11 is 0. The molecule has 0 bridgehead atoms. The van der Waals surface area contributed by atoms with E-state index in [0.29, 0.717) is 6.42 Å². The Bertz CT molecular complexity index is 1130. The predicted molar refractivity (Wildman–Crippen MR) is 118 cm³/mol. The number of carbonyl (C=O) groups is 1. The van der Waals surface area contributed by atoms with E-state index in [4.69, 9.17) is 4.74 Å². The molecule has 0 unspecified atom stereocenters. The second-order valence-electron chi connectivity index (χ2n) is 7.07. The van der Waals surface area contributed by atoms with Gasteiger partial charge in [0.05, 0.1) is 24.6 Å². The SMILES string of the molecule is CC[C@@H](NC(=O)CN(C)S(=O)(=O)c1ccc2ccccc2c1)c1ccc(OC)cc1. The summed E-state index contributed by atoms with van der Waals surface area (Å²) in [5, 5.41) is 4.71. The van der Waals surface area contributed by atoms with Crippen molar-refractivity contribution in [3.8, 4) is 5.75 Å². The molecule has 30 heavy (non-hydrogen) atoms. The van der Waals surface area contributed by atoms with Crippen LogP contribution in [0.2, 0.25) is 0 Å². The minimum atomic E-state index is -3.79. The monoisotopic (exact) mass is 426 g/mol. The van der Waals surface area contributed by atoms with E-state index in [0.717, 1.165) is 26.4 Å².